The minimum atomic E-state index is 0.600. The zero-order chi connectivity index (χ0) is 16.1. The standard InChI is InChI=1S/C18H20N4O/c1-23-17-6-4-16(5-7-17)21-9-2-10-22(12-11-21)18-8-3-15(13-19)14-20-18/h3-8,14H,2,9-12H2,1H3. The van der Waals surface area contributed by atoms with E-state index in [1.54, 1.807) is 13.3 Å². The molecule has 118 valence electrons. The number of methoxy groups -OCH3 is 1. The van der Waals surface area contributed by atoms with Crippen LogP contribution in [0.4, 0.5) is 11.5 Å². The molecular formula is C18H20N4O. The topological polar surface area (TPSA) is 52.4 Å². The van der Waals surface area contributed by atoms with Crippen molar-refractivity contribution < 1.29 is 4.74 Å². The lowest BCUT2D eigenvalue weighted by atomic mass is 10.2. The first kappa shape index (κ1) is 15.2. The minimum absolute atomic E-state index is 0.600. The van der Waals surface area contributed by atoms with Crippen molar-refractivity contribution in [3.05, 3.63) is 48.2 Å². The Morgan fingerprint density at radius 3 is 2.39 bits per heavy atom. The summed E-state index contributed by atoms with van der Waals surface area (Å²) >= 11 is 0. The molecular weight excluding hydrogens is 288 g/mol. The number of anilines is 2. The molecule has 1 aromatic heterocycles. The Labute approximate surface area is 136 Å². The zero-order valence-electron chi connectivity index (χ0n) is 13.3. The fourth-order valence-electron chi connectivity index (χ4n) is 2.84. The molecule has 0 saturated carbocycles. The number of pyridine rings is 1. The number of benzene rings is 1. The molecule has 5 heteroatoms. The average Bonchev–Trinajstić information content (AvgIpc) is 2.88. The Morgan fingerprint density at radius 1 is 1.00 bits per heavy atom. The van der Waals surface area contributed by atoms with Crippen LogP contribution in [0.25, 0.3) is 0 Å². The third-order valence-corrected chi connectivity index (χ3v) is 4.13. The summed E-state index contributed by atoms with van der Waals surface area (Å²) in [5.41, 5.74) is 1.82. The molecule has 23 heavy (non-hydrogen) atoms. The molecule has 0 unspecified atom stereocenters. The lowest BCUT2D eigenvalue weighted by molar-refractivity contribution is 0.415. The van der Waals surface area contributed by atoms with Crippen molar-refractivity contribution in [3.8, 4) is 11.8 Å². The minimum Gasteiger partial charge on any atom is -0.497 e. The highest BCUT2D eigenvalue weighted by Crippen LogP contribution is 2.22. The van der Waals surface area contributed by atoms with Crippen molar-refractivity contribution in [1.82, 2.24) is 4.98 Å². The van der Waals surface area contributed by atoms with E-state index in [1.165, 1.54) is 5.69 Å². The maximum Gasteiger partial charge on any atom is 0.128 e. The monoisotopic (exact) mass is 308 g/mol. The van der Waals surface area contributed by atoms with Crippen molar-refractivity contribution in [2.24, 2.45) is 0 Å². The highest BCUT2D eigenvalue weighted by Gasteiger charge is 2.16. The lowest BCUT2D eigenvalue weighted by Crippen LogP contribution is -2.31. The third kappa shape index (κ3) is 3.54. The second-order valence-corrected chi connectivity index (χ2v) is 5.54. The van der Waals surface area contributed by atoms with Crippen LogP contribution in [-0.2, 0) is 0 Å². The largest absolute Gasteiger partial charge is 0.497 e. The highest BCUT2D eigenvalue weighted by molar-refractivity contribution is 5.50. The Kier molecular flexibility index (Phi) is 4.62. The lowest BCUT2D eigenvalue weighted by Gasteiger charge is -2.24. The van der Waals surface area contributed by atoms with E-state index in [2.05, 4.69) is 33.0 Å². The molecule has 0 radical (unpaired) electrons. The maximum atomic E-state index is 8.86. The van der Waals surface area contributed by atoms with Gasteiger partial charge in [-0.1, -0.05) is 0 Å². The van der Waals surface area contributed by atoms with Gasteiger partial charge in [0.1, 0.15) is 17.6 Å². The molecule has 0 bridgehead atoms. The molecule has 0 atom stereocenters. The predicted molar refractivity (Wildman–Crippen MR) is 91.0 cm³/mol. The quantitative estimate of drug-likeness (QED) is 0.872. The zero-order valence-corrected chi connectivity index (χ0v) is 13.3. The number of hydrogen-bond acceptors (Lipinski definition) is 5. The van der Waals surface area contributed by atoms with Crippen LogP contribution >= 0.6 is 0 Å². The number of ether oxygens (including phenoxy) is 1. The predicted octanol–water partition coefficient (Wildman–Crippen LogP) is 2.68. The molecule has 2 heterocycles. The van der Waals surface area contributed by atoms with Gasteiger partial charge >= 0.3 is 0 Å². The molecule has 1 saturated heterocycles. The fourth-order valence-corrected chi connectivity index (χ4v) is 2.84. The smallest absolute Gasteiger partial charge is 0.128 e. The number of nitriles is 1. The molecule has 1 fully saturated rings. The van der Waals surface area contributed by atoms with E-state index in [4.69, 9.17) is 10.00 Å². The molecule has 0 N–H and O–H groups in total. The second-order valence-electron chi connectivity index (χ2n) is 5.54. The van der Waals surface area contributed by atoms with Gasteiger partial charge in [-0.15, -0.1) is 0 Å². The molecule has 0 aliphatic carbocycles. The SMILES string of the molecule is COc1ccc(N2CCCN(c3ccc(C#N)cn3)CC2)cc1. The van der Waals surface area contributed by atoms with E-state index >= 15 is 0 Å². The van der Waals surface area contributed by atoms with Gasteiger partial charge in [-0.05, 0) is 42.8 Å². The van der Waals surface area contributed by atoms with E-state index in [0.717, 1.165) is 44.2 Å². The first-order valence-corrected chi connectivity index (χ1v) is 7.80. The van der Waals surface area contributed by atoms with Crippen LogP contribution in [0.1, 0.15) is 12.0 Å². The summed E-state index contributed by atoms with van der Waals surface area (Å²) in [6.45, 7) is 3.88. The van der Waals surface area contributed by atoms with E-state index < -0.39 is 0 Å². The maximum absolute atomic E-state index is 8.86. The highest BCUT2D eigenvalue weighted by atomic mass is 16.5. The van der Waals surface area contributed by atoms with Crippen LogP contribution in [0.2, 0.25) is 0 Å². The van der Waals surface area contributed by atoms with Gasteiger partial charge in [-0.25, -0.2) is 4.98 Å². The summed E-state index contributed by atoms with van der Waals surface area (Å²) in [5.74, 6) is 1.83. The van der Waals surface area contributed by atoms with Gasteiger partial charge < -0.3 is 14.5 Å². The second kappa shape index (κ2) is 7.01. The van der Waals surface area contributed by atoms with E-state index in [-0.39, 0.29) is 0 Å². The van der Waals surface area contributed by atoms with Gasteiger partial charge in [0, 0.05) is 38.1 Å². The summed E-state index contributed by atoms with van der Waals surface area (Å²) in [5, 5.41) is 8.86. The summed E-state index contributed by atoms with van der Waals surface area (Å²) < 4.78 is 5.22. The summed E-state index contributed by atoms with van der Waals surface area (Å²) in [4.78, 5) is 9.08. The molecule has 5 nitrogen and oxygen atoms in total. The van der Waals surface area contributed by atoms with Crippen molar-refractivity contribution >= 4 is 11.5 Å². The number of rotatable bonds is 3. The van der Waals surface area contributed by atoms with Crippen LogP contribution in [-0.4, -0.2) is 38.3 Å². The molecule has 1 aromatic carbocycles. The first-order chi connectivity index (χ1) is 11.3. The summed E-state index contributed by atoms with van der Waals surface area (Å²) in [6, 6.07) is 14.1. The first-order valence-electron chi connectivity index (χ1n) is 7.80. The van der Waals surface area contributed by atoms with Gasteiger partial charge in [0.2, 0.25) is 0 Å². The van der Waals surface area contributed by atoms with Crippen LogP contribution < -0.4 is 14.5 Å². The summed E-state index contributed by atoms with van der Waals surface area (Å²) in [7, 11) is 1.68. The van der Waals surface area contributed by atoms with Gasteiger partial charge in [-0.2, -0.15) is 5.26 Å². The van der Waals surface area contributed by atoms with E-state index in [1.807, 2.05) is 24.3 Å². The normalized spacial score (nSPS) is 15.0. The van der Waals surface area contributed by atoms with Gasteiger partial charge in [0.05, 0.1) is 12.7 Å². The van der Waals surface area contributed by atoms with Gasteiger partial charge in [-0.3, -0.25) is 0 Å². The Bertz CT molecular complexity index is 676. The van der Waals surface area contributed by atoms with Crippen molar-refractivity contribution in [3.63, 3.8) is 0 Å². The van der Waals surface area contributed by atoms with Gasteiger partial charge in [0.15, 0.2) is 0 Å². The molecule has 0 spiro atoms. The molecule has 1 aliphatic heterocycles. The fraction of sp³-hybridized carbons (Fsp3) is 0.333. The van der Waals surface area contributed by atoms with Crippen LogP contribution in [0.15, 0.2) is 42.6 Å². The number of aromatic nitrogens is 1. The number of nitrogens with zero attached hydrogens (tertiary/aromatic N) is 4. The average molecular weight is 308 g/mol. The van der Waals surface area contributed by atoms with E-state index in [9.17, 15) is 0 Å². The molecule has 3 rings (SSSR count). The molecule has 1 aliphatic rings. The third-order valence-electron chi connectivity index (χ3n) is 4.13. The van der Waals surface area contributed by atoms with Gasteiger partial charge in [0.25, 0.3) is 0 Å². The Hall–Kier alpha value is -2.74. The van der Waals surface area contributed by atoms with Crippen molar-refractivity contribution in [2.75, 3.05) is 43.1 Å². The van der Waals surface area contributed by atoms with Crippen LogP contribution in [0.3, 0.4) is 0 Å². The van der Waals surface area contributed by atoms with Crippen molar-refractivity contribution in [2.45, 2.75) is 6.42 Å². The molecule has 0 amide bonds. The number of hydrogen-bond donors (Lipinski definition) is 0. The molecule has 2 aromatic rings. The Morgan fingerprint density at radius 2 is 1.74 bits per heavy atom. The van der Waals surface area contributed by atoms with Crippen molar-refractivity contribution in [1.29, 1.82) is 5.26 Å². The Balaban J connectivity index is 1.67. The van der Waals surface area contributed by atoms with Crippen LogP contribution in [0.5, 0.6) is 5.75 Å². The van der Waals surface area contributed by atoms with E-state index in [0.29, 0.717) is 5.56 Å². The van der Waals surface area contributed by atoms with Crippen LogP contribution in [0, 0.1) is 11.3 Å². The summed E-state index contributed by atoms with van der Waals surface area (Å²) in [6.07, 6.45) is 2.72.